The van der Waals surface area contributed by atoms with E-state index < -0.39 is 0 Å². The van der Waals surface area contributed by atoms with E-state index >= 15 is 0 Å². The second kappa shape index (κ2) is 6.69. The van der Waals surface area contributed by atoms with Gasteiger partial charge in [0, 0.05) is 25.2 Å². The third-order valence-electron chi connectivity index (χ3n) is 3.52. The van der Waals surface area contributed by atoms with Crippen molar-refractivity contribution in [2.75, 3.05) is 13.1 Å². The Morgan fingerprint density at radius 1 is 1.33 bits per heavy atom. The summed E-state index contributed by atoms with van der Waals surface area (Å²) in [7, 11) is 0. The molecular formula is C15H26N2S. The molecule has 1 aliphatic rings. The summed E-state index contributed by atoms with van der Waals surface area (Å²) in [6, 6.07) is 3.73. The van der Waals surface area contributed by atoms with Crippen molar-refractivity contribution in [2.45, 2.75) is 52.2 Å². The molecule has 1 aromatic heterocycles. The standard InChI is InChI=1S/C15H26N2S/c1-12(2)8-16-9-13(3)17(15-4-5-15)10-14-6-7-18-11-14/h6-7,11-13,15-16H,4-5,8-10H2,1-3H3. The largest absolute Gasteiger partial charge is 0.315 e. The molecule has 0 spiro atoms. The third-order valence-corrected chi connectivity index (χ3v) is 4.25. The van der Waals surface area contributed by atoms with E-state index in [0.29, 0.717) is 6.04 Å². The van der Waals surface area contributed by atoms with Gasteiger partial charge in [0.1, 0.15) is 0 Å². The van der Waals surface area contributed by atoms with Gasteiger partial charge in [0.05, 0.1) is 0 Å². The van der Waals surface area contributed by atoms with E-state index in [0.717, 1.165) is 31.6 Å². The smallest absolute Gasteiger partial charge is 0.0248 e. The van der Waals surface area contributed by atoms with Gasteiger partial charge in [0.2, 0.25) is 0 Å². The topological polar surface area (TPSA) is 15.3 Å². The summed E-state index contributed by atoms with van der Waals surface area (Å²) in [5, 5.41) is 8.05. The van der Waals surface area contributed by atoms with E-state index in [1.54, 1.807) is 11.3 Å². The van der Waals surface area contributed by atoms with Crippen molar-refractivity contribution in [3.05, 3.63) is 22.4 Å². The SMILES string of the molecule is CC(C)CNCC(C)N(Cc1ccsc1)C1CC1. The summed E-state index contributed by atoms with van der Waals surface area (Å²) < 4.78 is 0. The molecule has 0 saturated heterocycles. The Morgan fingerprint density at radius 2 is 2.11 bits per heavy atom. The summed E-state index contributed by atoms with van der Waals surface area (Å²) in [5.74, 6) is 0.739. The molecular weight excluding hydrogens is 240 g/mol. The van der Waals surface area contributed by atoms with Crippen molar-refractivity contribution in [3.8, 4) is 0 Å². The van der Waals surface area contributed by atoms with Crippen molar-refractivity contribution in [1.82, 2.24) is 10.2 Å². The average molecular weight is 266 g/mol. The van der Waals surface area contributed by atoms with Gasteiger partial charge in [-0.1, -0.05) is 13.8 Å². The minimum atomic E-state index is 0.635. The van der Waals surface area contributed by atoms with E-state index in [2.05, 4.69) is 47.8 Å². The minimum Gasteiger partial charge on any atom is -0.315 e. The fourth-order valence-corrected chi connectivity index (χ4v) is 3.00. The first kappa shape index (κ1) is 14.0. The molecule has 0 aliphatic heterocycles. The van der Waals surface area contributed by atoms with Crippen LogP contribution in [-0.4, -0.2) is 30.1 Å². The van der Waals surface area contributed by atoms with Gasteiger partial charge in [-0.15, -0.1) is 0 Å². The van der Waals surface area contributed by atoms with Crippen molar-refractivity contribution in [1.29, 1.82) is 0 Å². The Morgan fingerprint density at radius 3 is 2.67 bits per heavy atom. The Balaban J connectivity index is 1.81. The predicted molar refractivity (Wildman–Crippen MR) is 80.1 cm³/mol. The molecule has 0 aromatic carbocycles. The van der Waals surface area contributed by atoms with Crippen LogP contribution in [0.5, 0.6) is 0 Å². The van der Waals surface area contributed by atoms with Crippen molar-refractivity contribution >= 4 is 11.3 Å². The zero-order chi connectivity index (χ0) is 13.0. The van der Waals surface area contributed by atoms with Crippen LogP contribution < -0.4 is 5.32 Å². The Bertz CT molecular complexity index is 330. The Labute approximate surface area is 115 Å². The molecule has 1 atom stereocenters. The van der Waals surface area contributed by atoms with E-state index in [4.69, 9.17) is 0 Å². The Kier molecular flexibility index (Phi) is 5.22. The van der Waals surface area contributed by atoms with Crippen molar-refractivity contribution in [3.63, 3.8) is 0 Å². The molecule has 1 saturated carbocycles. The van der Waals surface area contributed by atoms with Gasteiger partial charge in [0.15, 0.2) is 0 Å². The zero-order valence-corrected chi connectivity index (χ0v) is 12.7. The molecule has 2 nitrogen and oxygen atoms in total. The van der Waals surface area contributed by atoms with E-state index in [-0.39, 0.29) is 0 Å². The van der Waals surface area contributed by atoms with Crippen molar-refractivity contribution in [2.24, 2.45) is 5.92 Å². The Hall–Kier alpha value is -0.380. The number of nitrogens with zero attached hydrogens (tertiary/aromatic N) is 1. The number of rotatable bonds is 8. The summed E-state index contributed by atoms with van der Waals surface area (Å²) in [6.45, 7) is 10.3. The van der Waals surface area contributed by atoms with Crippen LogP contribution in [0, 0.1) is 5.92 Å². The van der Waals surface area contributed by atoms with E-state index in [9.17, 15) is 0 Å². The molecule has 0 amide bonds. The molecule has 1 aromatic rings. The highest BCUT2D eigenvalue weighted by atomic mass is 32.1. The fraction of sp³-hybridized carbons (Fsp3) is 0.733. The average Bonchev–Trinajstić information content (AvgIpc) is 3.02. The fourth-order valence-electron chi connectivity index (χ4n) is 2.34. The molecule has 1 N–H and O–H groups in total. The van der Waals surface area contributed by atoms with Gasteiger partial charge in [-0.2, -0.15) is 11.3 Å². The molecule has 1 unspecified atom stereocenters. The van der Waals surface area contributed by atoms with Gasteiger partial charge in [-0.3, -0.25) is 4.90 Å². The van der Waals surface area contributed by atoms with Crippen LogP contribution in [0.3, 0.4) is 0 Å². The second-order valence-electron chi connectivity index (χ2n) is 5.94. The van der Waals surface area contributed by atoms with Crippen LogP contribution in [-0.2, 0) is 6.54 Å². The number of hydrogen-bond acceptors (Lipinski definition) is 3. The predicted octanol–water partition coefficient (Wildman–Crippen LogP) is 3.35. The second-order valence-corrected chi connectivity index (χ2v) is 6.72. The van der Waals surface area contributed by atoms with Crippen LogP contribution in [0.4, 0.5) is 0 Å². The van der Waals surface area contributed by atoms with Crippen LogP contribution in [0.1, 0.15) is 39.2 Å². The molecule has 3 heteroatoms. The quantitative estimate of drug-likeness (QED) is 0.776. The van der Waals surface area contributed by atoms with Gasteiger partial charge < -0.3 is 5.32 Å². The highest BCUT2D eigenvalue weighted by Gasteiger charge is 2.31. The van der Waals surface area contributed by atoms with E-state index in [1.165, 1.54) is 18.4 Å². The highest BCUT2D eigenvalue weighted by molar-refractivity contribution is 7.07. The maximum Gasteiger partial charge on any atom is 0.0248 e. The lowest BCUT2D eigenvalue weighted by molar-refractivity contribution is 0.184. The van der Waals surface area contributed by atoms with Gasteiger partial charge >= 0.3 is 0 Å². The lowest BCUT2D eigenvalue weighted by atomic mass is 10.2. The molecule has 1 heterocycles. The minimum absolute atomic E-state index is 0.635. The summed E-state index contributed by atoms with van der Waals surface area (Å²) >= 11 is 1.80. The van der Waals surface area contributed by atoms with Gasteiger partial charge in [-0.25, -0.2) is 0 Å². The first-order chi connectivity index (χ1) is 8.66. The molecule has 1 fully saturated rings. The first-order valence-corrected chi connectivity index (χ1v) is 8.08. The summed E-state index contributed by atoms with van der Waals surface area (Å²) in [6.07, 6.45) is 2.78. The van der Waals surface area contributed by atoms with Gasteiger partial charge in [0.25, 0.3) is 0 Å². The lowest BCUT2D eigenvalue weighted by Crippen LogP contribution is -2.42. The summed E-state index contributed by atoms with van der Waals surface area (Å²) in [5.41, 5.74) is 1.47. The summed E-state index contributed by atoms with van der Waals surface area (Å²) in [4.78, 5) is 2.68. The van der Waals surface area contributed by atoms with Crippen LogP contribution in [0.25, 0.3) is 0 Å². The molecule has 0 bridgehead atoms. The first-order valence-electron chi connectivity index (χ1n) is 7.14. The molecule has 18 heavy (non-hydrogen) atoms. The van der Waals surface area contributed by atoms with Crippen LogP contribution >= 0.6 is 11.3 Å². The number of nitrogens with one attached hydrogen (secondary N) is 1. The van der Waals surface area contributed by atoms with Crippen LogP contribution in [0.15, 0.2) is 16.8 Å². The molecule has 0 radical (unpaired) electrons. The zero-order valence-electron chi connectivity index (χ0n) is 11.9. The maximum atomic E-state index is 3.59. The number of thiophene rings is 1. The molecule has 1 aliphatic carbocycles. The highest BCUT2D eigenvalue weighted by Crippen LogP contribution is 2.30. The molecule has 2 rings (SSSR count). The van der Waals surface area contributed by atoms with Gasteiger partial charge in [-0.05, 0) is 54.6 Å². The normalized spacial score (nSPS) is 17.6. The van der Waals surface area contributed by atoms with E-state index in [1.807, 2.05) is 0 Å². The lowest BCUT2D eigenvalue weighted by Gasteiger charge is -2.29. The monoisotopic (exact) mass is 266 g/mol. The molecule has 102 valence electrons. The van der Waals surface area contributed by atoms with Crippen LogP contribution in [0.2, 0.25) is 0 Å². The van der Waals surface area contributed by atoms with Crippen molar-refractivity contribution < 1.29 is 0 Å². The maximum absolute atomic E-state index is 3.59. The number of hydrogen-bond donors (Lipinski definition) is 1. The third kappa shape index (κ3) is 4.38.